The Morgan fingerprint density at radius 2 is 2.11 bits per heavy atom. The molecule has 1 aromatic carbocycles. The molecule has 104 valence electrons. The van der Waals surface area contributed by atoms with Crippen molar-refractivity contribution in [2.75, 3.05) is 0 Å². The predicted molar refractivity (Wildman–Crippen MR) is 81.9 cm³/mol. The molecule has 1 N–H and O–H groups in total. The summed E-state index contributed by atoms with van der Waals surface area (Å²) >= 11 is 3.46. The van der Waals surface area contributed by atoms with Gasteiger partial charge in [-0.2, -0.15) is 0 Å². The summed E-state index contributed by atoms with van der Waals surface area (Å²) in [5, 5.41) is 3.11. The van der Waals surface area contributed by atoms with Gasteiger partial charge in [0.05, 0.1) is 6.04 Å². The van der Waals surface area contributed by atoms with Crippen LogP contribution >= 0.6 is 15.9 Å². The van der Waals surface area contributed by atoms with E-state index in [1.54, 1.807) is 0 Å². The van der Waals surface area contributed by atoms with E-state index in [2.05, 4.69) is 33.4 Å². The van der Waals surface area contributed by atoms with E-state index >= 15 is 0 Å². The molecule has 2 nitrogen and oxygen atoms in total. The maximum atomic E-state index is 12.1. The van der Waals surface area contributed by atoms with Crippen LogP contribution in [-0.4, -0.2) is 5.91 Å². The van der Waals surface area contributed by atoms with Crippen molar-refractivity contribution < 1.29 is 4.79 Å². The van der Waals surface area contributed by atoms with Crippen LogP contribution in [-0.2, 0) is 4.79 Å². The van der Waals surface area contributed by atoms with Gasteiger partial charge in [-0.3, -0.25) is 4.79 Å². The van der Waals surface area contributed by atoms with Crippen molar-refractivity contribution in [3.8, 4) is 0 Å². The summed E-state index contributed by atoms with van der Waals surface area (Å²) < 4.78 is 1.05. The van der Waals surface area contributed by atoms with Gasteiger partial charge in [0.15, 0.2) is 0 Å². The van der Waals surface area contributed by atoms with Crippen LogP contribution in [0.5, 0.6) is 0 Å². The number of nitrogens with one attached hydrogen (secondary N) is 1. The lowest BCUT2D eigenvalue weighted by atomic mass is 9.87. The number of hydrogen-bond acceptors (Lipinski definition) is 1. The number of carbonyl (C=O) groups excluding carboxylic acids is 1. The quantitative estimate of drug-likeness (QED) is 0.862. The van der Waals surface area contributed by atoms with E-state index in [1.165, 1.54) is 32.1 Å². The van der Waals surface area contributed by atoms with Gasteiger partial charge in [0.2, 0.25) is 5.91 Å². The molecule has 1 aromatic rings. The topological polar surface area (TPSA) is 29.1 Å². The third-order valence-electron chi connectivity index (χ3n) is 3.92. The van der Waals surface area contributed by atoms with Gasteiger partial charge < -0.3 is 5.32 Å². The molecular formula is C16H22BrNO. The van der Waals surface area contributed by atoms with Crippen LogP contribution in [0.15, 0.2) is 28.7 Å². The minimum absolute atomic E-state index is 0.0774. The minimum atomic E-state index is 0.0774. The Balaban J connectivity index is 1.84. The van der Waals surface area contributed by atoms with E-state index in [0.717, 1.165) is 10.0 Å². The molecule has 3 heteroatoms. The number of rotatable bonds is 4. The average molecular weight is 324 g/mol. The minimum Gasteiger partial charge on any atom is -0.350 e. The molecule has 1 amide bonds. The average Bonchev–Trinajstić information content (AvgIpc) is 2.39. The number of benzene rings is 1. The van der Waals surface area contributed by atoms with E-state index in [-0.39, 0.29) is 11.9 Å². The monoisotopic (exact) mass is 323 g/mol. The second-order valence-corrected chi connectivity index (χ2v) is 6.47. The fraction of sp³-hybridized carbons (Fsp3) is 0.562. The maximum Gasteiger partial charge on any atom is 0.220 e. The van der Waals surface area contributed by atoms with Crippen LogP contribution in [0, 0.1) is 5.92 Å². The zero-order valence-corrected chi connectivity index (χ0v) is 13.1. The molecule has 19 heavy (non-hydrogen) atoms. The highest BCUT2D eigenvalue weighted by Gasteiger charge is 2.18. The third kappa shape index (κ3) is 4.64. The molecule has 0 heterocycles. The molecular weight excluding hydrogens is 302 g/mol. The number of carbonyl (C=O) groups is 1. The lowest BCUT2D eigenvalue weighted by molar-refractivity contribution is -0.122. The van der Waals surface area contributed by atoms with Crippen molar-refractivity contribution in [2.45, 2.75) is 51.5 Å². The molecule has 1 unspecified atom stereocenters. The fourth-order valence-electron chi connectivity index (χ4n) is 2.81. The van der Waals surface area contributed by atoms with Crippen LogP contribution in [0.2, 0.25) is 0 Å². The summed E-state index contributed by atoms with van der Waals surface area (Å²) in [7, 11) is 0. The van der Waals surface area contributed by atoms with Crippen molar-refractivity contribution >= 4 is 21.8 Å². The lowest BCUT2D eigenvalue weighted by Crippen LogP contribution is -2.28. The lowest BCUT2D eigenvalue weighted by Gasteiger charge is -2.22. The normalized spacial score (nSPS) is 18.0. The Labute approximate surface area is 124 Å². The molecule has 1 aliphatic rings. The maximum absolute atomic E-state index is 12.1. The standard InChI is InChI=1S/C16H22BrNO/c1-12(14-8-5-9-15(17)11-14)18-16(19)10-13-6-3-2-4-7-13/h5,8-9,11-13H,2-4,6-7,10H2,1H3,(H,18,19). The SMILES string of the molecule is CC(NC(=O)CC1CCCCC1)c1cccc(Br)c1. The van der Waals surface area contributed by atoms with Crippen LogP contribution in [0.25, 0.3) is 0 Å². The van der Waals surface area contributed by atoms with Crippen molar-refractivity contribution in [3.63, 3.8) is 0 Å². The summed E-state index contributed by atoms with van der Waals surface area (Å²) in [4.78, 5) is 12.1. The van der Waals surface area contributed by atoms with Crippen LogP contribution in [0.3, 0.4) is 0 Å². The number of hydrogen-bond donors (Lipinski definition) is 1. The molecule has 0 spiro atoms. The zero-order chi connectivity index (χ0) is 13.7. The van der Waals surface area contributed by atoms with Crippen molar-refractivity contribution in [1.82, 2.24) is 5.32 Å². The molecule has 1 atom stereocenters. The Morgan fingerprint density at radius 1 is 1.37 bits per heavy atom. The molecule has 0 bridgehead atoms. The molecule has 0 radical (unpaired) electrons. The molecule has 1 saturated carbocycles. The zero-order valence-electron chi connectivity index (χ0n) is 11.5. The fourth-order valence-corrected chi connectivity index (χ4v) is 3.23. The van der Waals surface area contributed by atoms with E-state index < -0.39 is 0 Å². The first-order chi connectivity index (χ1) is 9.15. The second-order valence-electron chi connectivity index (χ2n) is 5.55. The van der Waals surface area contributed by atoms with Crippen LogP contribution in [0.1, 0.15) is 57.1 Å². The largest absolute Gasteiger partial charge is 0.350 e. The van der Waals surface area contributed by atoms with Gasteiger partial charge in [-0.05, 0) is 43.4 Å². The highest BCUT2D eigenvalue weighted by Crippen LogP contribution is 2.26. The van der Waals surface area contributed by atoms with Gasteiger partial charge in [-0.25, -0.2) is 0 Å². The number of halogens is 1. The second kappa shape index (κ2) is 7.09. The van der Waals surface area contributed by atoms with Crippen LogP contribution < -0.4 is 5.32 Å². The van der Waals surface area contributed by atoms with Crippen molar-refractivity contribution in [2.24, 2.45) is 5.92 Å². The Hall–Kier alpha value is -0.830. The molecule has 0 saturated heterocycles. The van der Waals surface area contributed by atoms with Gasteiger partial charge in [-0.1, -0.05) is 47.3 Å². The Kier molecular flexibility index (Phi) is 5.44. The van der Waals surface area contributed by atoms with E-state index in [1.807, 2.05) is 19.1 Å². The highest BCUT2D eigenvalue weighted by atomic mass is 79.9. The van der Waals surface area contributed by atoms with Gasteiger partial charge in [0, 0.05) is 10.9 Å². The molecule has 2 rings (SSSR count). The third-order valence-corrected chi connectivity index (χ3v) is 4.42. The smallest absolute Gasteiger partial charge is 0.220 e. The summed E-state index contributed by atoms with van der Waals surface area (Å²) in [6, 6.07) is 8.19. The first-order valence-electron chi connectivity index (χ1n) is 7.20. The summed E-state index contributed by atoms with van der Waals surface area (Å²) in [5.74, 6) is 0.794. The highest BCUT2D eigenvalue weighted by molar-refractivity contribution is 9.10. The van der Waals surface area contributed by atoms with Gasteiger partial charge in [0.25, 0.3) is 0 Å². The summed E-state index contributed by atoms with van der Waals surface area (Å²) in [5.41, 5.74) is 1.14. The summed E-state index contributed by atoms with van der Waals surface area (Å²) in [6.07, 6.45) is 7.06. The van der Waals surface area contributed by atoms with Gasteiger partial charge >= 0.3 is 0 Å². The van der Waals surface area contributed by atoms with E-state index in [0.29, 0.717) is 12.3 Å². The van der Waals surface area contributed by atoms with E-state index in [4.69, 9.17) is 0 Å². The Bertz CT molecular complexity index is 427. The molecule has 1 aliphatic carbocycles. The van der Waals surface area contributed by atoms with Gasteiger partial charge in [-0.15, -0.1) is 0 Å². The summed E-state index contributed by atoms with van der Waals surface area (Å²) in [6.45, 7) is 2.04. The molecule has 0 aliphatic heterocycles. The Morgan fingerprint density at radius 3 is 2.79 bits per heavy atom. The first kappa shape index (κ1) is 14.6. The molecule has 1 fully saturated rings. The van der Waals surface area contributed by atoms with Crippen LogP contribution in [0.4, 0.5) is 0 Å². The van der Waals surface area contributed by atoms with Crippen molar-refractivity contribution in [3.05, 3.63) is 34.3 Å². The van der Waals surface area contributed by atoms with Gasteiger partial charge in [0.1, 0.15) is 0 Å². The predicted octanol–water partition coefficient (Wildman–Crippen LogP) is 4.60. The first-order valence-corrected chi connectivity index (χ1v) is 7.99. The van der Waals surface area contributed by atoms with E-state index in [9.17, 15) is 4.79 Å². The molecule has 0 aromatic heterocycles. The number of amides is 1. The van der Waals surface area contributed by atoms with Crippen molar-refractivity contribution in [1.29, 1.82) is 0 Å².